The van der Waals surface area contributed by atoms with E-state index in [1.165, 1.54) is 263 Å². The number of carbonyl (C=O) groups is 3. The van der Waals surface area contributed by atoms with Crippen molar-refractivity contribution in [2.75, 3.05) is 13.2 Å². The number of esters is 3. The summed E-state index contributed by atoms with van der Waals surface area (Å²) < 4.78 is 16.8. The molecule has 414 valence electrons. The van der Waals surface area contributed by atoms with Gasteiger partial charge in [-0.2, -0.15) is 0 Å². The van der Waals surface area contributed by atoms with E-state index in [0.29, 0.717) is 19.3 Å². The van der Waals surface area contributed by atoms with Gasteiger partial charge in [0, 0.05) is 19.3 Å². The van der Waals surface area contributed by atoms with E-state index in [4.69, 9.17) is 14.2 Å². The molecule has 1 unspecified atom stereocenters. The van der Waals surface area contributed by atoms with Crippen LogP contribution in [0, 0.1) is 0 Å². The zero-order valence-electron chi connectivity index (χ0n) is 47.6. The van der Waals surface area contributed by atoms with Crippen molar-refractivity contribution in [2.45, 2.75) is 367 Å². The van der Waals surface area contributed by atoms with Crippen molar-refractivity contribution in [3.63, 3.8) is 0 Å². The van der Waals surface area contributed by atoms with Gasteiger partial charge in [-0.1, -0.05) is 309 Å². The number of allylic oxidation sites excluding steroid dienone is 2. The second kappa shape index (κ2) is 59.7. The fourth-order valence-corrected chi connectivity index (χ4v) is 9.74. The van der Waals surface area contributed by atoms with E-state index in [2.05, 4.69) is 32.9 Å². The first-order valence-electron chi connectivity index (χ1n) is 31.7. The maximum Gasteiger partial charge on any atom is 0.306 e. The summed E-state index contributed by atoms with van der Waals surface area (Å²) in [6.07, 6.45) is 69.6. The van der Waals surface area contributed by atoms with Crippen molar-refractivity contribution in [1.29, 1.82) is 0 Å². The van der Waals surface area contributed by atoms with E-state index in [-0.39, 0.29) is 31.1 Å². The lowest BCUT2D eigenvalue weighted by Crippen LogP contribution is -2.30. The van der Waals surface area contributed by atoms with Gasteiger partial charge in [-0.25, -0.2) is 0 Å². The molecule has 0 aliphatic rings. The summed E-state index contributed by atoms with van der Waals surface area (Å²) in [5, 5.41) is 0. The van der Waals surface area contributed by atoms with Gasteiger partial charge in [0.05, 0.1) is 0 Å². The lowest BCUT2D eigenvalue weighted by molar-refractivity contribution is -0.167. The Labute approximate surface area is 437 Å². The number of rotatable bonds is 59. The molecule has 0 amide bonds. The van der Waals surface area contributed by atoms with Crippen LogP contribution in [-0.2, 0) is 28.6 Å². The Hall–Kier alpha value is -1.85. The van der Waals surface area contributed by atoms with E-state index in [1.807, 2.05) is 0 Å². The lowest BCUT2D eigenvalue weighted by Gasteiger charge is -2.18. The molecule has 0 aliphatic carbocycles. The zero-order chi connectivity index (χ0) is 50.7. The largest absolute Gasteiger partial charge is 0.462 e. The number of carbonyl (C=O) groups excluding carboxylic acids is 3. The summed E-state index contributed by atoms with van der Waals surface area (Å²) in [5.74, 6) is -0.844. The molecule has 0 N–H and O–H groups in total. The van der Waals surface area contributed by atoms with Gasteiger partial charge in [-0.3, -0.25) is 14.4 Å². The highest BCUT2D eigenvalue weighted by Gasteiger charge is 2.19. The summed E-state index contributed by atoms with van der Waals surface area (Å²) in [7, 11) is 0. The minimum Gasteiger partial charge on any atom is -0.462 e. The predicted molar refractivity (Wildman–Crippen MR) is 303 cm³/mol. The fraction of sp³-hybridized carbons (Fsp3) is 0.922. The molecule has 0 heterocycles. The topological polar surface area (TPSA) is 78.9 Å². The quantitative estimate of drug-likeness (QED) is 0.0261. The normalized spacial score (nSPS) is 12.0. The van der Waals surface area contributed by atoms with Crippen LogP contribution in [0.5, 0.6) is 0 Å². The van der Waals surface area contributed by atoms with E-state index in [0.717, 1.165) is 57.8 Å². The smallest absolute Gasteiger partial charge is 0.306 e. The number of ether oxygens (including phenoxy) is 3. The van der Waals surface area contributed by atoms with E-state index >= 15 is 0 Å². The van der Waals surface area contributed by atoms with Crippen LogP contribution in [0.4, 0.5) is 0 Å². The Balaban J connectivity index is 4.07. The van der Waals surface area contributed by atoms with Gasteiger partial charge in [0.25, 0.3) is 0 Å². The molecule has 0 rings (SSSR count). The highest BCUT2D eigenvalue weighted by atomic mass is 16.6. The molecule has 0 saturated carbocycles. The summed E-state index contributed by atoms with van der Waals surface area (Å²) in [6.45, 7) is 6.67. The van der Waals surface area contributed by atoms with Crippen LogP contribution in [0.25, 0.3) is 0 Å². The number of hydrogen-bond acceptors (Lipinski definition) is 6. The summed E-state index contributed by atoms with van der Waals surface area (Å²) in [6, 6.07) is 0. The van der Waals surface area contributed by atoms with E-state index in [9.17, 15) is 14.4 Å². The van der Waals surface area contributed by atoms with Gasteiger partial charge in [0.1, 0.15) is 13.2 Å². The molecule has 6 heteroatoms. The summed E-state index contributed by atoms with van der Waals surface area (Å²) in [4.78, 5) is 38.0. The van der Waals surface area contributed by atoms with Crippen molar-refractivity contribution >= 4 is 17.9 Å². The van der Waals surface area contributed by atoms with Crippen molar-refractivity contribution in [3.8, 4) is 0 Å². The molecule has 0 aromatic carbocycles. The van der Waals surface area contributed by atoms with Crippen molar-refractivity contribution < 1.29 is 28.6 Å². The third-order valence-electron chi connectivity index (χ3n) is 14.5. The Morgan fingerprint density at radius 2 is 0.471 bits per heavy atom. The highest BCUT2D eigenvalue weighted by molar-refractivity contribution is 5.71. The van der Waals surface area contributed by atoms with Gasteiger partial charge in [0.2, 0.25) is 0 Å². The first kappa shape index (κ1) is 68.2. The molecule has 1 atom stereocenters. The molecule has 0 aliphatic heterocycles. The molecule has 0 spiro atoms. The zero-order valence-corrected chi connectivity index (χ0v) is 47.6. The van der Waals surface area contributed by atoms with Gasteiger partial charge in [-0.05, 0) is 44.9 Å². The predicted octanol–water partition coefficient (Wildman–Crippen LogP) is 21.3. The van der Waals surface area contributed by atoms with Crippen molar-refractivity contribution in [1.82, 2.24) is 0 Å². The second-order valence-corrected chi connectivity index (χ2v) is 21.7. The van der Waals surface area contributed by atoms with Crippen LogP contribution in [0.2, 0.25) is 0 Å². The molecule has 0 saturated heterocycles. The molecular formula is C64H122O6. The van der Waals surface area contributed by atoms with Crippen LogP contribution in [0.15, 0.2) is 12.2 Å². The first-order chi connectivity index (χ1) is 34.5. The molecule has 6 nitrogen and oxygen atoms in total. The maximum atomic E-state index is 12.8. The first-order valence-corrected chi connectivity index (χ1v) is 31.7. The number of hydrogen-bond donors (Lipinski definition) is 0. The van der Waals surface area contributed by atoms with Crippen LogP contribution in [0.1, 0.15) is 361 Å². The fourth-order valence-electron chi connectivity index (χ4n) is 9.74. The van der Waals surface area contributed by atoms with Crippen LogP contribution < -0.4 is 0 Å². The standard InChI is InChI=1S/C64H122O6/c1-4-7-10-13-16-18-20-22-24-26-28-30-31-32-33-34-36-37-39-41-43-45-48-51-54-57-63(66)69-60-61(59-68-62(65)56-53-50-47-15-12-9-6-3)70-64(67)58-55-52-49-46-44-42-40-38-35-29-27-25-23-21-19-17-14-11-8-5-2/h26,28,61H,4-25,27,29-60H2,1-3H3/b28-26-. The minimum absolute atomic E-state index is 0.0642. The molecule has 70 heavy (non-hydrogen) atoms. The van der Waals surface area contributed by atoms with Gasteiger partial charge >= 0.3 is 17.9 Å². The molecule has 0 fully saturated rings. The molecular weight excluding hydrogens is 865 g/mol. The maximum absolute atomic E-state index is 12.8. The number of unbranched alkanes of at least 4 members (excludes halogenated alkanes) is 46. The Kier molecular flexibility index (Phi) is 58.1. The molecule has 0 bridgehead atoms. The average Bonchev–Trinajstić information content (AvgIpc) is 3.36. The van der Waals surface area contributed by atoms with Crippen molar-refractivity contribution in [2.24, 2.45) is 0 Å². The SMILES string of the molecule is CCCCCCCCCC/C=C\CCCCCCCCCCCCCCCC(=O)OCC(COC(=O)CCCCCCCCC)OC(=O)CCCCCCCCCCCCCCCCCCCCCC. The minimum atomic E-state index is -0.763. The van der Waals surface area contributed by atoms with Crippen LogP contribution in [-0.4, -0.2) is 37.2 Å². The monoisotopic (exact) mass is 987 g/mol. The van der Waals surface area contributed by atoms with E-state index < -0.39 is 6.10 Å². The Bertz CT molecular complexity index is 1090. The third kappa shape index (κ3) is 57.1. The average molecular weight is 988 g/mol. The van der Waals surface area contributed by atoms with Crippen LogP contribution >= 0.6 is 0 Å². The van der Waals surface area contributed by atoms with E-state index in [1.54, 1.807) is 0 Å². The van der Waals surface area contributed by atoms with Crippen molar-refractivity contribution in [3.05, 3.63) is 12.2 Å². The van der Waals surface area contributed by atoms with Crippen LogP contribution in [0.3, 0.4) is 0 Å². The molecule has 0 radical (unpaired) electrons. The molecule has 0 aromatic heterocycles. The Morgan fingerprint density at radius 1 is 0.271 bits per heavy atom. The highest BCUT2D eigenvalue weighted by Crippen LogP contribution is 2.18. The summed E-state index contributed by atoms with van der Waals surface area (Å²) in [5.41, 5.74) is 0. The van der Waals surface area contributed by atoms with Gasteiger partial charge in [-0.15, -0.1) is 0 Å². The lowest BCUT2D eigenvalue weighted by atomic mass is 10.0. The Morgan fingerprint density at radius 3 is 0.714 bits per heavy atom. The molecule has 0 aromatic rings. The van der Waals surface area contributed by atoms with Gasteiger partial charge < -0.3 is 14.2 Å². The van der Waals surface area contributed by atoms with Gasteiger partial charge in [0.15, 0.2) is 6.10 Å². The third-order valence-corrected chi connectivity index (χ3v) is 14.5. The summed E-state index contributed by atoms with van der Waals surface area (Å²) >= 11 is 0. The second-order valence-electron chi connectivity index (χ2n) is 21.7.